The van der Waals surface area contributed by atoms with E-state index >= 15 is 0 Å². The first-order chi connectivity index (χ1) is 2.94. The molecule has 0 atom stereocenters. The third kappa shape index (κ3) is 2.68. The highest BCUT2D eigenvalue weighted by atomic mass is 79.9. The standard InChI is InChI=1S/C5H10BrN/c1-4(7)5(2,3)6/h1,7H2,2-3H3. The Morgan fingerprint density at radius 3 is 1.86 bits per heavy atom. The molecule has 0 heterocycles. The van der Waals surface area contributed by atoms with Crippen molar-refractivity contribution in [2.24, 2.45) is 5.73 Å². The van der Waals surface area contributed by atoms with E-state index in [1.54, 1.807) is 0 Å². The highest BCUT2D eigenvalue weighted by Gasteiger charge is 2.12. The fourth-order valence-electron chi connectivity index (χ4n) is 0. The molecule has 0 saturated heterocycles. The van der Waals surface area contributed by atoms with Gasteiger partial charge in [-0.25, -0.2) is 0 Å². The molecule has 1 nitrogen and oxygen atoms in total. The summed E-state index contributed by atoms with van der Waals surface area (Å²) in [6.45, 7) is 7.46. The minimum atomic E-state index is -0.104. The van der Waals surface area contributed by atoms with Gasteiger partial charge in [-0.05, 0) is 13.8 Å². The number of allylic oxidation sites excluding steroid dienone is 1. The van der Waals surface area contributed by atoms with Crippen molar-refractivity contribution < 1.29 is 0 Å². The van der Waals surface area contributed by atoms with Gasteiger partial charge in [0.2, 0.25) is 0 Å². The fourth-order valence-corrected chi connectivity index (χ4v) is 0. The summed E-state index contributed by atoms with van der Waals surface area (Å²) in [6, 6.07) is 0. The lowest BCUT2D eigenvalue weighted by Gasteiger charge is -2.13. The maximum absolute atomic E-state index is 5.33. The Bertz CT molecular complexity index is 80.6. The lowest BCUT2D eigenvalue weighted by Crippen LogP contribution is -2.18. The van der Waals surface area contributed by atoms with E-state index in [1.165, 1.54) is 0 Å². The van der Waals surface area contributed by atoms with Crippen molar-refractivity contribution >= 4 is 15.9 Å². The van der Waals surface area contributed by atoms with E-state index in [2.05, 4.69) is 22.5 Å². The molecule has 0 aromatic carbocycles. The zero-order valence-corrected chi connectivity index (χ0v) is 6.25. The third-order valence-electron chi connectivity index (χ3n) is 0.764. The smallest absolute Gasteiger partial charge is 0.0588 e. The molecule has 0 spiro atoms. The Labute approximate surface area is 52.7 Å². The number of halogens is 1. The van der Waals surface area contributed by atoms with Crippen LogP contribution in [0, 0.1) is 0 Å². The Morgan fingerprint density at radius 1 is 1.71 bits per heavy atom. The van der Waals surface area contributed by atoms with Crippen LogP contribution in [0.25, 0.3) is 0 Å². The summed E-state index contributed by atoms with van der Waals surface area (Å²) < 4.78 is -0.104. The van der Waals surface area contributed by atoms with E-state index in [-0.39, 0.29) is 4.32 Å². The fraction of sp³-hybridized carbons (Fsp3) is 0.600. The van der Waals surface area contributed by atoms with Crippen molar-refractivity contribution in [1.29, 1.82) is 0 Å². The molecular weight excluding hydrogens is 154 g/mol. The summed E-state index contributed by atoms with van der Waals surface area (Å²) in [5.74, 6) is 0. The Hall–Kier alpha value is 0.0200. The number of hydrogen-bond acceptors (Lipinski definition) is 1. The van der Waals surface area contributed by atoms with Crippen molar-refractivity contribution in [3.63, 3.8) is 0 Å². The molecule has 42 valence electrons. The highest BCUT2D eigenvalue weighted by molar-refractivity contribution is 9.10. The van der Waals surface area contributed by atoms with Gasteiger partial charge in [0.05, 0.1) is 4.32 Å². The monoisotopic (exact) mass is 163 g/mol. The first-order valence-corrected chi connectivity index (χ1v) is 2.87. The van der Waals surface area contributed by atoms with Crippen LogP contribution in [-0.4, -0.2) is 4.32 Å². The van der Waals surface area contributed by atoms with E-state index in [0.29, 0.717) is 5.70 Å². The van der Waals surface area contributed by atoms with E-state index in [0.717, 1.165) is 0 Å². The average Bonchev–Trinajstić information content (AvgIpc) is 1.31. The molecular formula is C5H10BrN. The van der Waals surface area contributed by atoms with Gasteiger partial charge in [0.1, 0.15) is 0 Å². The molecule has 0 amide bonds. The summed E-state index contributed by atoms with van der Waals surface area (Å²) in [4.78, 5) is 0. The maximum atomic E-state index is 5.33. The predicted molar refractivity (Wildman–Crippen MR) is 36.3 cm³/mol. The molecule has 0 fully saturated rings. The van der Waals surface area contributed by atoms with Gasteiger partial charge in [0.15, 0.2) is 0 Å². The molecule has 0 aromatic rings. The molecule has 0 saturated carbocycles. The van der Waals surface area contributed by atoms with Crippen LogP contribution in [0.3, 0.4) is 0 Å². The second-order valence-electron chi connectivity index (χ2n) is 2.00. The number of hydrogen-bond donors (Lipinski definition) is 1. The van der Waals surface area contributed by atoms with Crippen LogP contribution < -0.4 is 5.73 Å². The Morgan fingerprint density at radius 2 is 1.86 bits per heavy atom. The van der Waals surface area contributed by atoms with Gasteiger partial charge in [-0.2, -0.15) is 0 Å². The van der Waals surface area contributed by atoms with Gasteiger partial charge in [-0.15, -0.1) is 0 Å². The summed E-state index contributed by atoms with van der Waals surface area (Å²) in [5, 5.41) is 0. The minimum Gasteiger partial charge on any atom is -0.401 e. The van der Waals surface area contributed by atoms with E-state index < -0.39 is 0 Å². The summed E-state index contributed by atoms with van der Waals surface area (Å²) in [5.41, 5.74) is 5.99. The largest absolute Gasteiger partial charge is 0.401 e. The Balaban J connectivity index is 3.79. The predicted octanol–water partition coefficient (Wildman–Crippen LogP) is 1.63. The Kier molecular flexibility index (Phi) is 1.87. The van der Waals surface area contributed by atoms with E-state index in [1.807, 2.05) is 13.8 Å². The zero-order chi connectivity index (χ0) is 6.08. The first kappa shape index (κ1) is 7.02. The minimum absolute atomic E-state index is 0.104. The zero-order valence-electron chi connectivity index (χ0n) is 4.66. The van der Waals surface area contributed by atoms with Crippen LogP contribution in [0.4, 0.5) is 0 Å². The molecule has 0 bridgehead atoms. The summed E-state index contributed by atoms with van der Waals surface area (Å²) >= 11 is 3.32. The van der Waals surface area contributed by atoms with Crippen LogP contribution in [0.15, 0.2) is 12.3 Å². The van der Waals surface area contributed by atoms with Crippen molar-refractivity contribution in [3.05, 3.63) is 12.3 Å². The van der Waals surface area contributed by atoms with Crippen LogP contribution in [-0.2, 0) is 0 Å². The lowest BCUT2D eigenvalue weighted by molar-refractivity contribution is 0.843. The summed E-state index contributed by atoms with van der Waals surface area (Å²) in [6.07, 6.45) is 0. The number of rotatable bonds is 1. The summed E-state index contributed by atoms with van der Waals surface area (Å²) in [7, 11) is 0. The number of alkyl halides is 1. The average molecular weight is 164 g/mol. The molecule has 0 aliphatic carbocycles. The molecule has 7 heavy (non-hydrogen) atoms. The van der Waals surface area contributed by atoms with Crippen LogP contribution in [0.1, 0.15) is 13.8 Å². The van der Waals surface area contributed by atoms with Crippen LogP contribution in [0.5, 0.6) is 0 Å². The molecule has 0 radical (unpaired) electrons. The van der Waals surface area contributed by atoms with Gasteiger partial charge in [-0.1, -0.05) is 22.5 Å². The van der Waals surface area contributed by atoms with Gasteiger partial charge >= 0.3 is 0 Å². The molecule has 0 aromatic heterocycles. The molecule has 0 aliphatic heterocycles. The van der Waals surface area contributed by atoms with Gasteiger partial charge in [0, 0.05) is 5.70 Å². The van der Waals surface area contributed by atoms with Gasteiger partial charge in [-0.3, -0.25) is 0 Å². The third-order valence-corrected chi connectivity index (χ3v) is 1.27. The SMILES string of the molecule is C=C(N)C(C)(C)Br. The lowest BCUT2D eigenvalue weighted by atomic mass is 10.2. The molecule has 0 unspecified atom stereocenters. The molecule has 2 heteroatoms. The van der Waals surface area contributed by atoms with Crippen molar-refractivity contribution in [3.8, 4) is 0 Å². The van der Waals surface area contributed by atoms with Crippen molar-refractivity contribution in [2.45, 2.75) is 18.2 Å². The normalized spacial score (nSPS) is 11.3. The van der Waals surface area contributed by atoms with Crippen molar-refractivity contribution in [1.82, 2.24) is 0 Å². The van der Waals surface area contributed by atoms with Crippen LogP contribution >= 0.6 is 15.9 Å². The van der Waals surface area contributed by atoms with Crippen LogP contribution in [0.2, 0.25) is 0 Å². The maximum Gasteiger partial charge on any atom is 0.0588 e. The molecule has 0 aliphatic rings. The topological polar surface area (TPSA) is 26.0 Å². The molecule has 2 N–H and O–H groups in total. The first-order valence-electron chi connectivity index (χ1n) is 2.08. The molecule has 0 rings (SSSR count). The van der Waals surface area contributed by atoms with E-state index in [4.69, 9.17) is 5.73 Å². The quantitative estimate of drug-likeness (QED) is 0.585. The van der Waals surface area contributed by atoms with Crippen molar-refractivity contribution in [2.75, 3.05) is 0 Å². The van der Waals surface area contributed by atoms with E-state index in [9.17, 15) is 0 Å². The second-order valence-corrected chi connectivity index (χ2v) is 3.98. The second kappa shape index (κ2) is 1.86. The highest BCUT2D eigenvalue weighted by Crippen LogP contribution is 2.19. The van der Waals surface area contributed by atoms with Gasteiger partial charge in [0.25, 0.3) is 0 Å². The number of nitrogens with two attached hydrogens (primary N) is 1. The van der Waals surface area contributed by atoms with Gasteiger partial charge < -0.3 is 5.73 Å².